The second-order valence-electron chi connectivity index (χ2n) is 5.96. The number of aryl methyl sites for hydroxylation is 1. The third-order valence-electron chi connectivity index (χ3n) is 4.42. The molecular formula is C18H23N3O2. The normalized spacial score (nSPS) is 18.2. The Balaban J connectivity index is 1.90. The quantitative estimate of drug-likeness (QED) is 0.875. The lowest BCUT2D eigenvalue weighted by atomic mass is 10.1. The highest BCUT2D eigenvalue weighted by molar-refractivity contribution is 5.96. The first-order valence-corrected chi connectivity index (χ1v) is 8.13. The zero-order valence-electron chi connectivity index (χ0n) is 14.0. The van der Waals surface area contributed by atoms with E-state index in [9.17, 15) is 4.79 Å². The number of ether oxygens (including phenoxy) is 1. The number of morpholine rings is 1. The van der Waals surface area contributed by atoms with Crippen LogP contribution in [0, 0.1) is 13.8 Å². The zero-order chi connectivity index (χ0) is 16.4. The Kier molecular flexibility index (Phi) is 4.48. The van der Waals surface area contributed by atoms with E-state index in [1.54, 1.807) is 6.20 Å². The lowest BCUT2D eigenvalue weighted by molar-refractivity contribution is -0.0226. The molecule has 0 aromatic carbocycles. The summed E-state index contributed by atoms with van der Waals surface area (Å²) >= 11 is 0. The van der Waals surface area contributed by atoms with Crippen molar-refractivity contribution in [1.29, 1.82) is 0 Å². The van der Waals surface area contributed by atoms with Gasteiger partial charge in [0.25, 0.3) is 5.91 Å². The van der Waals surface area contributed by atoms with Crippen LogP contribution in [-0.4, -0.2) is 46.2 Å². The van der Waals surface area contributed by atoms with Crippen LogP contribution in [0.25, 0.3) is 5.82 Å². The molecule has 1 saturated heterocycles. The molecule has 5 nitrogen and oxygen atoms in total. The van der Waals surface area contributed by atoms with Gasteiger partial charge in [0.05, 0.1) is 18.3 Å². The highest BCUT2D eigenvalue weighted by Crippen LogP contribution is 2.22. The number of hydrogen-bond donors (Lipinski definition) is 0. The molecule has 1 amide bonds. The van der Waals surface area contributed by atoms with Crippen molar-refractivity contribution in [2.45, 2.75) is 33.3 Å². The molecule has 122 valence electrons. The second-order valence-corrected chi connectivity index (χ2v) is 5.96. The van der Waals surface area contributed by atoms with Crippen molar-refractivity contribution in [3.8, 4) is 5.82 Å². The van der Waals surface area contributed by atoms with Gasteiger partial charge >= 0.3 is 0 Å². The summed E-state index contributed by atoms with van der Waals surface area (Å²) in [6.07, 6.45) is 2.84. The molecule has 23 heavy (non-hydrogen) atoms. The van der Waals surface area contributed by atoms with Crippen LogP contribution in [0.1, 0.15) is 35.1 Å². The first-order valence-electron chi connectivity index (χ1n) is 8.13. The van der Waals surface area contributed by atoms with Crippen LogP contribution in [0.3, 0.4) is 0 Å². The second kappa shape index (κ2) is 6.54. The van der Waals surface area contributed by atoms with Gasteiger partial charge in [-0.25, -0.2) is 4.98 Å². The van der Waals surface area contributed by atoms with E-state index in [1.165, 1.54) is 0 Å². The minimum atomic E-state index is 0.0852. The molecule has 0 spiro atoms. The Labute approximate surface area is 136 Å². The summed E-state index contributed by atoms with van der Waals surface area (Å²) in [6, 6.07) is 7.76. The van der Waals surface area contributed by atoms with E-state index in [4.69, 9.17) is 4.74 Å². The first kappa shape index (κ1) is 15.7. The molecule has 3 rings (SSSR count). The number of hydrogen-bond acceptors (Lipinski definition) is 3. The average Bonchev–Trinajstić information content (AvgIpc) is 2.89. The van der Waals surface area contributed by atoms with Crippen LogP contribution < -0.4 is 0 Å². The van der Waals surface area contributed by atoms with E-state index in [0.29, 0.717) is 19.7 Å². The molecule has 0 radical (unpaired) electrons. The van der Waals surface area contributed by atoms with E-state index in [-0.39, 0.29) is 12.0 Å². The average molecular weight is 313 g/mol. The van der Waals surface area contributed by atoms with Gasteiger partial charge in [-0.05, 0) is 38.5 Å². The fraction of sp³-hybridized carbons (Fsp3) is 0.444. The van der Waals surface area contributed by atoms with Crippen molar-refractivity contribution in [2.24, 2.45) is 0 Å². The third-order valence-corrected chi connectivity index (χ3v) is 4.42. The van der Waals surface area contributed by atoms with Crippen LogP contribution in [0.15, 0.2) is 30.5 Å². The minimum absolute atomic E-state index is 0.0852. The Bertz CT molecular complexity index is 694. The third kappa shape index (κ3) is 3.01. The largest absolute Gasteiger partial charge is 0.375 e. The van der Waals surface area contributed by atoms with Crippen molar-refractivity contribution in [1.82, 2.24) is 14.5 Å². The molecule has 1 aliphatic heterocycles. The van der Waals surface area contributed by atoms with Gasteiger partial charge in [0.15, 0.2) is 0 Å². The maximum Gasteiger partial charge on any atom is 0.255 e. The number of pyridine rings is 1. The van der Waals surface area contributed by atoms with E-state index in [2.05, 4.69) is 11.9 Å². The predicted octanol–water partition coefficient (Wildman–Crippen LogP) is 2.74. The topological polar surface area (TPSA) is 47.4 Å². The van der Waals surface area contributed by atoms with Gasteiger partial charge in [0, 0.05) is 30.7 Å². The molecule has 1 fully saturated rings. The molecule has 1 atom stereocenters. The summed E-state index contributed by atoms with van der Waals surface area (Å²) < 4.78 is 7.70. The summed E-state index contributed by atoms with van der Waals surface area (Å²) in [6.45, 7) is 8.01. The van der Waals surface area contributed by atoms with Gasteiger partial charge in [-0.15, -0.1) is 0 Å². The Morgan fingerprint density at radius 3 is 2.91 bits per heavy atom. The first-order chi connectivity index (χ1) is 11.1. The Hall–Kier alpha value is -2.14. The molecule has 0 bridgehead atoms. The van der Waals surface area contributed by atoms with Crippen LogP contribution in [0.4, 0.5) is 0 Å². The van der Waals surface area contributed by atoms with Crippen molar-refractivity contribution < 1.29 is 9.53 Å². The lowest BCUT2D eigenvalue weighted by Gasteiger charge is -2.32. The SMILES string of the molecule is CCC1CN(C(=O)c2cc(C)n(-c3ccccn3)c2C)CCO1. The smallest absolute Gasteiger partial charge is 0.255 e. The van der Waals surface area contributed by atoms with Gasteiger partial charge in [0.2, 0.25) is 0 Å². The van der Waals surface area contributed by atoms with Gasteiger partial charge < -0.3 is 14.2 Å². The number of nitrogens with zero attached hydrogens (tertiary/aromatic N) is 3. The molecule has 1 aliphatic rings. The number of rotatable bonds is 3. The molecule has 5 heteroatoms. The van der Waals surface area contributed by atoms with E-state index in [0.717, 1.165) is 29.2 Å². The lowest BCUT2D eigenvalue weighted by Crippen LogP contribution is -2.45. The van der Waals surface area contributed by atoms with Crippen molar-refractivity contribution in [3.05, 3.63) is 47.4 Å². The van der Waals surface area contributed by atoms with Gasteiger partial charge in [0.1, 0.15) is 5.82 Å². The van der Waals surface area contributed by atoms with Crippen molar-refractivity contribution in [3.63, 3.8) is 0 Å². The molecule has 1 unspecified atom stereocenters. The van der Waals surface area contributed by atoms with Gasteiger partial charge in [-0.3, -0.25) is 4.79 Å². The highest BCUT2D eigenvalue weighted by atomic mass is 16.5. The number of aromatic nitrogens is 2. The maximum absolute atomic E-state index is 12.9. The summed E-state index contributed by atoms with van der Waals surface area (Å²) in [7, 11) is 0. The van der Waals surface area contributed by atoms with Crippen molar-refractivity contribution >= 4 is 5.91 Å². The Morgan fingerprint density at radius 1 is 1.39 bits per heavy atom. The highest BCUT2D eigenvalue weighted by Gasteiger charge is 2.26. The van der Waals surface area contributed by atoms with Crippen LogP contribution in [-0.2, 0) is 4.74 Å². The number of amides is 1. The standard InChI is InChI=1S/C18H23N3O2/c1-4-15-12-20(9-10-23-15)18(22)16-11-13(2)21(14(16)3)17-7-5-6-8-19-17/h5-8,11,15H,4,9-10,12H2,1-3H3. The van der Waals surface area contributed by atoms with E-state index < -0.39 is 0 Å². The molecular weight excluding hydrogens is 290 g/mol. The van der Waals surface area contributed by atoms with Crippen LogP contribution in [0.5, 0.6) is 0 Å². The molecule has 0 N–H and O–H groups in total. The molecule has 0 aliphatic carbocycles. The number of carbonyl (C=O) groups excluding carboxylic acids is 1. The van der Waals surface area contributed by atoms with Gasteiger partial charge in [-0.1, -0.05) is 13.0 Å². The Morgan fingerprint density at radius 2 is 2.22 bits per heavy atom. The fourth-order valence-corrected chi connectivity index (χ4v) is 3.14. The minimum Gasteiger partial charge on any atom is -0.375 e. The molecule has 3 heterocycles. The van der Waals surface area contributed by atoms with Gasteiger partial charge in [-0.2, -0.15) is 0 Å². The summed E-state index contributed by atoms with van der Waals surface area (Å²) in [4.78, 5) is 19.2. The van der Waals surface area contributed by atoms with E-state index >= 15 is 0 Å². The van der Waals surface area contributed by atoms with Crippen LogP contribution >= 0.6 is 0 Å². The summed E-state index contributed by atoms with van der Waals surface area (Å²) in [5, 5.41) is 0. The molecule has 2 aromatic rings. The fourth-order valence-electron chi connectivity index (χ4n) is 3.14. The monoisotopic (exact) mass is 313 g/mol. The predicted molar refractivity (Wildman–Crippen MR) is 89.0 cm³/mol. The number of carbonyl (C=O) groups is 1. The van der Waals surface area contributed by atoms with Crippen LogP contribution in [0.2, 0.25) is 0 Å². The molecule has 0 saturated carbocycles. The summed E-state index contributed by atoms with van der Waals surface area (Å²) in [5.74, 6) is 0.928. The summed E-state index contributed by atoms with van der Waals surface area (Å²) in [5.41, 5.74) is 2.71. The molecule has 2 aromatic heterocycles. The van der Waals surface area contributed by atoms with E-state index in [1.807, 2.05) is 47.6 Å². The maximum atomic E-state index is 12.9. The van der Waals surface area contributed by atoms with Crippen molar-refractivity contribution in [2.75, 3.05) is 19.7 Å². The zero-order valence-corrected chi connectivity index (χ0v) is 14.0.